The summed E-state index contributed by atoms with van der Waals surface area (Å²) in [5.74, 6) is 0.488. The van der Waals surface area contributed by atoms with Crippen LogP contribution in [-0.4, -0.2) is 36.2 Å². The number of rotatable bonds is 10. The van der Waals surface area contributed by atoms with Crippen LogP contribution in [0.4, 0.5) is 17.1 Å². The zero-order valence-electron chi connectivity index (χ0n) is 17.1. The molecular weight excluding hydrogens is 406 g/mol. The molecule has 2 N–H and O–H groups in total. The molecule has 2 rings (SSSR count). The lowest BCUT2D eigenvalue weighted by molar-refractivity contribution is -0.387. The Morgan fingerprint density at radius 3 is 2.47 bits per heavy atom. The van der Waals surface area contributed by atoms with E-state index in [1.165, 1.54) is 24.9 Å². The molecule has 2 aromatic carbocycles. The molecule has 0 radical (unpaired) electrons. The van der Waals surface area contributed by atoms with E-state index in [2.05, 4.69) is 24.5 Å². The van der Waals surface area contributed by atoms with Crippen LogP contribution in [0, 0.1) is 16.0 Å². The predicted molar refractivity (Wildman–Crippen MR) is 118 cm³/mol. The Hall–Kier alpha value is -2.91. The molecule has 2 aromatic rings. The highest BCUT2D eigenvalue weighted by Crippen LogP contribution is 2.31. The third kappa shape index (κ3) is 7.16. The molecule has 0 saturated carbocycles. The summed E-state index contributed by atoms with van der Waals surface area (Å²) in [7, 11) is 1.42. The van der Waals surface area contributed by atoms with Crippen LogP contribution in [0.5, 0.6) is 0 Å². The van der Waals surface area contributed by atoms with Crippen molar-refractivity contribution in [2.45, 2.75) is 25.2 Å². The van der Waals surface area contributed by atoms with Crippen LogP contribution in [0.15, 0.2) is 47.4 Å². The van der Waals surface area contributed by atoms with Crippen LogP contribution in [0.25, 0.3) is 0 Å². The van der Waals surface area contributed by atoms with Gasteiger partial charge in [0.2, 0.25) is 5.91 Å². The van der Waals surface area contributed by atoms with Crippen LogP contribution >= 0.6 is 11.8 Å². The summed E-state index contributed by atoms with van der Waals surface area (Å²) in [5, 5.41) is 16.8. The molecule has 8 nitrogen and oxygen atoms in total. The molecule has 0 fully saturated rings. The van der Waals surface area contributed by atoms with Crippen LogP contribution < -0.4 is 10.6 Å². The molecule has 0 saturated heterocycles. The number of carbonyl (C=O) groups is 2. The number of nitro groups is 1. The number of carbonyl (C=O) groups excluding carboxylic acids is 2. The Kier molecular flexibility index (Phi) is 8.82. The zero-order valence-corrected chi connectivity index (χ0v) is 18.0. The Morgan fingerprint density at radius 1 is 1.13 bits per heavy atom. The Balaban J connectivity index is 2.12. The maximum atomic E-state index is 12.6. The first-order chi connectivity index (χ1) is 14.3. The fraction of sp³-hybridized carbons (Fsp3) is 0.333. The summed E-state index contributed by atoms with van der Waals surface area (Å²) >= 11 is 1.42. The lowest BCUT2D eigenvalue weighted by Crippen LogP contribution is -2.17. The van der Waals surface area contributed by atoms with Gasteiger partial charge in [-0.15, -0.1) is 11.8 Å². The second kappa shape index (κ2) is 11.3. The number of ether oxygens (including phenoxy) is 1. The van der Waals surface area contributed by atoms with Crippen LogP contribution in [0.3, 0.4) is 0 Å². The summed E-state index contributed by atoms with van der Waals surface area (Å²) in [6.45, 7) is 4.11. The average molecular weight is 432 g/mol. The van der Waals surface area contributed by atoms with Crippen LogP contribution in [-0.2, 0) is 9.53 Å². The SMILES string of the molecule is COCC(=O)Nc1cccc(NC(=O)c2ccc(SCCC(C)C)c([N+](=O)[O-])c2)c1. The van der Waals surface area contributed by atoms with Crippen LogP contribution in [0.1, 0.15) is 30.6 Å². The molecule has 2 amide bonds. The fourth-order valence-corrected chi connectivity index (χ4v) is 3.79. The topological polar surface area (TPSA) is 111 Å². The number of nitro benzene ring substituents is 1. The van der Waals surface area contributed by atoms with E-state index in [4.69, 9.17) is 4.74 Å². The Morgan fingerprint density at radius 2 is 1.83 bits per heavy atom. The molecule has 0 atom stereocenters. The van der Waals surface area contributed by atoms with Crippen molar-refractivity contribution < 1.29 is 19.2 Å². The first kappa shape index (κ1) is 23.4. The van der Waals surface area contributed by atoms with Gasteiger partial charge >= 0.3 is 0 Å². The molecule has 0 aliphatic rings. The van der Waals surface area contributed by atoms with Gasteiger partial charge in [-0.05, 0) is 48.4 Å². The summed E-state index contributed by atoms with van der Waals surface area (Å²) < 4.78 is 4.77. The minimum atomic E-state index is -0.475. The number of thioether (sulfide) groups is 1. The normalized spacial score (nSPS) is 10.7. The molecule has 0 aliphatic carbocycles. The van der Waals surface area contributed by atoms with Crippen molar-refractivity contribution in [2.75, 3.05) is 30.1 Å². The Bertz CT molecular complexity index is 917. The highest BCUT2D eigenvalue weighted by Gasteiger charge is 2.18. The van der Waals surface area contributed by atoms with Crippen molar-refractivity contribution in [1.82, 2.24) is 0 Å². The zero-order chi connectivity index (χ0) is 22.1. The molecule has 9 heteroatoms. The van der Waals surface area contributed by atoms with Gasteiger partial charge < -0.3 is 15.4 Å². The summed E-state index contributed by atoms with van der Waals surface area (Å²) in [6.07, 6.45) is 0.946. The van der Waals surface area contributed by atoms with Crippen molar-refractivity contribution in [2.24, 2.45) is 5.92 Å². The molecule has 0 spiro atoms. The maximum Gasteiger partial charge on any atom is 0.283 e. The first-order valence-corrected chi connectivity index (χ1v) is 10.4. The second-order valence-corrected chi connectivity index (χ2v) is 8.12. The van der Waals surface area contributed by atoms with Gasteiger partial charge in [-0.2, -0.15) is 0 Å². The van der Waals surface area contributed by atoms with E-state index in [1.807, 2.05) is 0 Å². The van der Waals surface area contributed by atoms with E-state index in [0.717, 1.165) is 12.2 Å². The summed E-state index contributed by atoms with van der Waals surface area (Å²) in [5.41, 5.74) is 1.05. The number of anilines is 2. The van der Waals surface area contributed by atoms with Crippen molar-refractivity contribution >= 4 is 40.6 Å². The van der Waals surface area contributed by atoms with Gasteiger partial charge in [-0.1, -0.05) is 19.9 Å². The standard InChI is InChI=1S/C21H25N3O5S/c1-14(2)9-10-30-19-8-7-15(11-18(19)24(27)28)21(26)23-17-6-4-5-16(12-17)22-20(25)13-29-3/h4-8,11-12,14H,9-10,13H2,1-3H3,(H,22,25)(H,23,26). The molecule has 0 heterocycles. The van der Waals surface area contributed by atoms with Gasteiger partial charge in [0.25, 0.3) is 11.6 Å². The number of hydrogen-bond acceptors (Lipinski definition) is 6. The van der Waals surface area contributed by atoms with Crippen LogP contribution in [0.2, 0.25) is 0 Å². The molecule has 0 bridgehead atoms. The molecule has 0 aliphatic heterocycles. The van der Waals surface area contributed by atoms with Gasteiger partial charge in [0.05, 0.1) is 9.82 Å². The number of benzene rings is 2. The van der Waals surface area contributed by atoms with E-state index in [-0.39, 0.29) is 23.8 Å². The molecular formula is C21H25N3O5S. The van der Waals surface area contributed by atoms with E-state index < -0.39 is 10.8 Å². The van der Waals surface area contributed by atoms with Crippen molar-refractivity contribution in [3.8, 4) is 0 Å². The largest absolute Gasteiger partial charge is 0.375 e. The predicted octanol–water partition coefficient (Wildman–Crippen LogP) is 4.57. The second-order valence-electron chi connectivity index (χ2n) is 6.99. The molecule has 0 aromatic heterocycles. The highest BCUT2D eigenvalue weighted by molar-refractivity contribution is 7.99. The lowest BCUT2D eigenvalue weighted by atomic mass is 10.1. The monoisotopic (exact) mass is 431 g/mol. The fourth-order valence-electron chi connectivity index (χ4n) is 2.53. The van der Waals surface area contributed by atoms with E-state index in [0.29, 0.717) is 22.2 Å². The van der Waals surface area contributed by atoms with Gasteiger partial charge in [0.15, 0.2) is 0 Å². The van der Waals surface area contributed by atoms with Crippen molar-refractivity contribution in [3.05, 3.63) is 58.1 Å². The van der Waals surface area contributed by atoms with Crippen molar-refractivity contribution in [3.63, 3.8) is 0 Å². The van der Waals surface area contributed by atoms with E-state index in [9.17, 15) is 19.7 Å². The molecule has 160 valence electrons. The summed E-state index contributed by atoms with van der Waals surface area (Å²) in [4.78, 5) is 35.7. The van der Waals surface area contributed by atoms with Gasteiger partial charge in [0, 0.05) is 30.1 Å². The molecule has 30 heavy (non-hydrogen) atoms. The minimum Gasteiger partial charge on any atom is -0.375 e. The third-order valence-corrected chi connectivity index (χ3v) is 5.15. The average Bonchev–Trinajstić information content (AvgIpc) is 2.68. The van der Waals surface area contributed by atoms with E-state index in [1.54, 1.807) is 36.4 Å². The highest BCUT2D eigenvalue weighted by atomic mass is 32.2. The van der Waals surface area contributed by atoms with E-state index >= 15 is 0 Å². The maximum absolute atomic E-state index is 12.6. The number of amides is 2. The summed E-state index contributed by atoms with van der Waals surface area (Å²) in [6, 6.07) is 11.1. The minimum absolute atomic E-state index is 0.0816. The van der Waals surface area contributed by atoms with Crippen molar-refractivity contribution in [1.29, 1.82) is 0 Å². The number of hydrogen-bond donors (Lipinski definition) is 2. The lowest BCUT2D eigenvalue weighted by Gasteiger charge is -2.10. The number of nitrogens with one attached hydrogen (secondary N) is 2. The first-order valence-electron chi connectivity index (χ1n) is 9.41. The van der Waals surface area contributed by atoms with Gasteiger partial charge in [-0.25, -0.2) is 0 Å². The van der Waals surface area contributed by atoms with Gasteiger partial charge in [0.1, 0.15) is 6.61 Å². The van der Waals surface area contributed by atoms with Gasteiger partial charge in [-0.3, -0.25) is 19.7 Å². The third-order valence-electron chi connectivity index (χ3n) is 4.05. The number of methoxy groups -OCH3 is 1. The smallest absolute Gasteiger partial charge is 0.283 e. The Labute approximate surface area is 179 Å². The molecule has 0 unspecified atom stereocenters. The quantitative estimate of drug-likeness (QED) is 0.324. The number of nitrogens with zero attached hydrogens (tertiary/aromatic N) is 1.